The van der Waals surface area contributed by atoms with Crippen molar-refractivity contribution in [3.63, 3.8) is 0 Å². The average molecular weight is 318 g/mol. The van der Waals surface area contributed by atoms with Crippen molar-refractivity contribution in [3.8, 4) is 0 Å². The summed E-state index contributed by atoms with van der Waals surface area (Å²) in [5.41, 5.74) is 1.69. The summed E-state index contributed by atoms with van der Waals surface area (Å²) in [5.74, 6) is -0.445. The number of furan rings is 1. The lowest BCUT2D eigenvalue weighted by molar-refractivity contribution is 0.0494. The Hall–Kier alpha value is -2.60. The van der Waals surface area contributed by atoms with E-state index in [-0.39, 0.29) is 12.4 Å². The third kappa shape index (κ3) is 2.73. The fourth-order valence-corrected chi connectivity index (χ4v) is 2.21. The van der Waals surface area contributed by atoms with Crippen molar-refractivity contribution in [1.29, 1.82) is 0 Å². The lowest BCUT2D eigenvalue weighted by atomic mass is 10.2. The van der Waals surface area contributed by atoms with Crippen molar-refractivity contribution in [3.05, 3.63) is 47.7 Å². The van der Waals surface area contributed by atoms with Crippen LogP contribution in [-0.2, 0) is 4.74 Å². The van der Waals surface area contributed by atoms with Gasteiger partial charge in [-0.05, 0) is 25.1 Å². The van der Waals surface area contributed by atoms with Crippen LogP contribution in [0.15, 0.2) is 41.2 Å². The van der Waals surface area contributed by atoms with Crippen LogP contribution >= 0.6 is 11.6 Å². The molecule has 0 aliphatic carbocycles. The van der Waals surface area contributed by atoms with Gasteiger partial charge in [0.05, 0.1) is 12.8 Å². The molecule has 0 saturated heterocycles. The molecule has 0 aromatic carbocycles. The number of pyridine rings is 2. The second-order valence-electron chi connectivity index (χ2n) is 4.39. The molecule has 3 heterocycles. The van der Waals surface area contributed by atoms with E-state index in [9.17, 15) is 4.79 Å². The third-order valence-electron chi connectivity index (χ3n) is 2.95. The number of anilines is 2. The second-order valence-corrected chi connectivity index (χ2v) is 4.78. The maximum Gasteiger partial charge on any atom is 0.376 e. The molecule has 1 N–H and O–H groups in total. The zero-order valence-corrected chi connectivity index (χ0v) is 12.4. The minimum absolute atomic E-state index is 0.0952. The van der Waals surface area contributed by atoms with Gasteiger partial charge in [-0.15, -0.1) is 0 Å². The lowest BCUT2D eigenvalue weighted by Gasteiger charge is -2.07. The van der Waals surface area contributed by atoms with Gasteiger partial charge in [0.1, 0.15) is 10.8 Å². The Morgan fingerprint density at radius 2 is 2.27 bits per heavy atom. The maximum atomic E-state index is 12.1. The number of aromatic nitrogens is 2. The second kappa shape index (κ2) is 6.03. The molecule has 3 aromatic rings. The zero-order chi connectivity index (χ0) is 15.5. The maximum absolute atomic E-state index is 12.1. The van der Waals surface area contributed by atoms with E-state index in [1.54, 1.807) is 43.7 Å². The Balaban J connectivity index is 2.09. The number of ether oxygens (including phenoxy) is 1. The Kier molecular flexibility index (Phi) is 3.93. The molecular formula is C15H12ClN3O3. The smallest absolute Gasteiger partial charge is 0.376 e. The SMILES string of the molecule is CCOC(=O)c1oc2cnccc2c1Nc1ccnc(Cl)c1. The first-order chi connectivity index (χ1) is 10.7. The van der Waals surface area contributed by atoms with Crippen LogP contribution in [0, 0.1) is 0 Å². The van der Waals surface area contributed by atoms with Crippen molar-refractivity contribution in [2.45, 2.75) is 6.92 Å². The standard InChI is InChI=1S/C15H12ClN3O3/c1-2-21-15(20)14-13(10-4-5-17-8-11(10)22-14)19-9-3-6-18-12(16)7-9/h3-8H,2H2,1H3,(H,18,19). The van der Waals surface area contributed by atoms with Crippen molar-refractivity contribution in [2.24, 2.45) is 0 Å². The van der Waals surface area contributed by atoms with Crippen molar-refractivity contribution in [1.82, 2.24) is 9.97 Å². The Morgan fingerprint density at radius 1 is 1.41 bits per heavy atom. The average Bonchev–Trinajstić information content (AvgIpc) is 2.87. The van der Waals surface area contributed by atoms with E-state index >= 15 is 0 Å². The molecule has 0 atom stereocenters. The number of halogens is 1. The molecule has 0 spiro atoms. The van der Waals surface area contributed by atoms with E-state index in [1.807, 2.05) is 0 Å². The first-order valence-corrected chi connectivity index (χ1v) is 6.99. The number of nitrogens with zero attached hydrogens (tertiary/aromatic N) is 2. The third-order valence-corrected chi connectivity index (χ3v) is 3.16. The molecule has 0 aliphatic heterocycles. The van der Waals surface area contributed by atoms with Crippen molar-refractivity contribution >= 4 is 39.9 Å². The van der Waals surface area contributed by atoms with Gasteiger partial charge in [-0.1, -0.05) is 11.6 Å². The summed E-state index contributed by atoms with van der Waals surface area (Å²) in [5, 5.41) is 4.20. The summed E-state index contributed by atoms with van der Waals surface area (Å²) in [4.78, 5) is 20.0. The number of nitrogens with one attached hydrogen (secondary N) is 1. The summed E-state index contributed by atoms with van der Waals surface area (Å²) in [6.45, 7) is 1.99. The molecule has 22 heavy (non-hydrogen) atoms. The lowest BCUT2D eigenvalue weighted by Crippen LogP contribution is -2.06. The summed E-state index contributed by atoms with van der Waals surface area (Å²) in [6, 6.07) is 5.14. The van der Waals surface area contributed by atoms with Crippen molar-refractivity contribution < 1.29 is 13.9 Å². The molecule has 3 aromatic heterocycles. The van der Waals surface area contributed by atoms with Crippen LogP contribution in [0.4, 0.5) is 11.4 Å². The molecule has 112 valence electrons. The fourth-order valence-electron chi connectivity index (χ4n) is 2.04. The Morgan fingerprint density at radius 3 is 3.05 bits per heavy atom. The number of fused-ring (bicyclic) bond motifs is 1. The van der Waals surface area contributed by atoms with Gasteiger partial charge >= 0.3 is 5.97 Å². The first-order valence-electron chi connectivity index (χ1n) is 6.61. The van der Waals surface area contributed by atoms with Crippen LogP contribution in [0.1, 0.15) is 17.5 Å². The van der Waals surface area contributed by atoms with E-state index in [0.29, 0.717) is 22.1 Å². The quantitative estimate of drug-likeness (QED) is 0.582. The van der Waals surface area contributed by atoms with Gasteiger partial charge in [0.25, 0.3) is 0 Å². The minimum atomic E-state index is -0.540. The van der Waals surface area contributed by atoms with Crippen LogP contribution in [0.3, 0.4) is 0 Å². The number of hydrogen-bond acceptors (Lipinski definition) is 6. The van der Waals surface area contributed by atoms with E-state index < -0.39 is 5.97 Å². The van der Waals surface area contributed by atoms with Crippen LogP contribution in [-0.4, -0.2) is 22.5 Å². The van der Waals surface area contributed by atoms with Gasteiger partial charge < -0.3 is 14.5 Å². The molecule has 0 radical (unpaired) electrons. The molecule has 0 aliphatic rings. The predicted octanol–water partition coefficient (Wildman–Crippen LogP) is 3.80. The molecule has 3 rings (SSSR count). The first kappa shape index (κ1) is 14.3. The van der Waals surface area contributed by atoms with Gasteiger partial charge in [0.15, 0.2) is 5.58 Å². The number of esters is 1. The minimum Gasteiger partial charge on any atom is -0.460 e. The van der Waals surface area contributed by atoms with Gasteiger partial charge in [0.2, 0.25) is 5.76 Å². The summed E-state index contributed by atoms with van der Waals surface area (Å²) in [7, 11) is 0. The fraction of sp³-hybridized carbons (Fsp3) is 0.133. The molecular weight excluding hydrogens is 306 g/mol. The Labute approximate surface area is 131 Å². The Bertz CT molecular complexity index is 832. The molecule has 0 fully saturated rings. The van der Waals surface area contributed by atoms with E-state index in [2.05, 4.69) is 15.3 Å². The summed E-state index contributed by atoms with van der Waals surface area (Å²) in [6.07, 6.45) is 4.73. The summed E-state index contributed by atoms with van der Waals surface area (Å²) < 4.78 is 10.6. The monoisotopic (exact) mass is 317 g/mol. The predicted molar refractivity (Wildman–Crippen MR) is 82.5 cm³/mol. The van der Waals surface area contributed by atoms with Crippen LogP contribution in [0.5, 0.6) is 0 Å². The van der Waals surface area contributed by atoms with Crippen molar-refractivity contribution in [2.75, 3.05) is 11.9 Å². The topological polar surface area (TPSA) is 77.2 Å². The van der Waals surface area contributed by atoms with Crippen LogP contribution < -0.4 is 5.32 Å². The van der Waals surface area contributed by atoms with Gasteiger partial charge in [-0.25, -0.2) is 9.78 Å². The van der Waals surface area contributed by atoms with Crippen LogP contribution in [0.2, 0.25) is 5.15 Å². The number of rotatable bonds is 4. The summed E-state index contributed by atoms with van der Waals surface area (Å²) >= 11 is 5.88. The number of carbonyl (C=O) groups excluding carboxylic acids is 1. The highest BCUT2D eigenvalue weighted by molar-refractivity contribution is 6.29. The van der Waals surface area contributed by atoms with E-state index in [1.165, 1.54) is 0 Å². The molecule has 6 nitrogen and oxygen atoms in total. The van der Waals surface area contributed by atoms with Gasteiger partial charge in [-0.2, -0.15) is 0 Å². The highest BCUT2D eigenvalue weighted by atomic mass is 35.5. The largest absolute Gasteiger partial charge is 0.460 e. The van der Waals surface area contributed by atoms with E-state index in [0.717, 1.165) is 5.39 Å². The highest BCUT2D eigenvalue weighted by Crippen LogP contribution is 2.33. The number of hydrogen-bond donors (Lipinski definition) is 1. The van der Waals surface area contributed by atoms with E-state index in [4.69, 9.17) is 20.8 Å². The molecule has 0 saturated carbocycles. The van der Waals surface area contributed by atoms with Gasteiger partial charge in [0, 0.05) is 23.5 Å². The zero-order valence-electron chi connectivity index (χ0n) is 11.7. The molecule has 7 heteroatoms. The molecule has 0 bridgehead atoms. The highest BCUT2D eigenvalue weighted by Gasteiger charge is 2.22. The van der Waals surface area contributed by atoms with Crippen LogP contribution in [0.25, 0.3) is 11.0 Å². The number of carbonyl (C=O) groups is 1. The normalized spacial score (nSPS) is 10.6. The van der Waals surface area contributed by atoms with Gasteiger partial charge in [-0.3, -0.25) is 4.98 Å². The molecule has 0 unspecified atom stereocenters. The molecule has 0 amide bonds.